The lowest BCUT2D eigenvalue weighted by Crippen LogP contribution is -2.46. The summed E-state index contributed by atoms with van der Waals surface area (Å²) in [5.41, 5.74) is 1.07. The summed E-state index contributed by atoms with van der Waals surface area (Å²) in [6.07, 6.45) is 0.926. The summed E-state index contributed by atoms with van der Waals surface area (Å²) < 4.78 is 1.07. The van der Waals surface area contributed by atoms with Crippen molar-refractivity contribution in [2.45, 2.75) is 39.3 Å². The van der Waals surface area contributed by atoms with Gasteiger partial charge in [-0.1, -0.05) is 35.0 Å². The van der Waals surface area contributed by atoms with Crippen molar-refractivity contribution in [2.24, 2.45) is 0 Å². The lowest BCUT2D eigenvalue weighted by molar-refractivity contribution is -0.123. The smallest absolute Gasteiger partial charge is 0.234 e. The minimum atomic E-state index is -0.129. The van der Waals surface area contributed by atoms with Gasteiger partial charge in [0.05, 0.1) is 6.54 Å². The number of carbonyl (C=O) groups is 1. The predicted octanol–water partition coefficient (Wildman–Crippen LogP) is 3.19. The minimum Gasteiger partial charge on any atom is -0.350 e. The number of nitrogens with zero attached hydrogens (tertiary/aromatic N) is 1. The molecule has 1 rings (SSSR count). The summed E-state index contributed by atoms with van der Waals surface area (Å²) in [6.45, 7) is 7.35. The minimum absolute atomic E-state index is 0.0754. The van der Waals surface area contributed by atoms with E-state index in [1.54, 1.807) is 0 Å². The second kappa shape index (κ2) is 7.06. The van der Waals surface area contributed by atoms with Crippen molar-refractivity contribution in [1.82, 2.24) is 10.2 Å². The highest BCUT2D eigenvalue weighted by molar-refractivity contribution is 9.10. The molecule has 1 aromatic rings. The molecule has 0 heterocycles. The molecule has 106 valence electrons. The highest BCUT2D eigenvalue weighted by Crippen LogP contribution is 2.12. The average molecular weight is 327 g/mol. The molecule has 0 aromatic heterocycles. The van der Waals surface area contributed by atoms with Crippen molar-refractivity contribution in [1.29, 1.82) is 0 Å². The fourth-order valence-electron chi connectivity index (χ4n) is 1.71. The number of amides is 1. The van der Waals surface area contributed by atoms with Crippen LogP contribution in [0.3, 0.4) is 0 Å². The van der Waals surface area contributed by atoms with Gasteiger partial charge >= 0.3 is 0 Å². The Morgan fingerprint density at radius 2 is 1.89 bits per heavy atom. The first kappa shape index (κ1) is 16.2. The van der Waals surface area contributed by atoms with Gasteiger partial charge in [0.2, 0.25) is 5.91 Å². The van der Waals surface area contributed by atoms with Crippen LogP contribution >= 0.6 is 15.9 Å². The zero-order valence-electron chi connectivity index (χ0n) is 12.2. The van der Waals surface area contributed by atoms with Gasteiger partial charge in [-0.25, -0.2) is 0 Å². The van der Waals surface area contributed by atoms with Gasteiger partial charge in [0.15, 0.2) is 0 Å². The van der Waals surface area contributed by atoms with E-state index in [-0.39, 0.29) is 11.4 Å². The lowest BCUT2D eigenvalue weighted by atomic mass is 10.0. The first-order chi connectivity index (χ1) is 8.82. The van der Waals surface area contributed by atoms with Gasteiger partial charge in [0.1, 0.15) is 0 Å². The second-order valence-corrected chi connectivity index (χ2v) is 6.50. The van der Waals surface area contributed by atoms with Crippen molar-refractivity contribution in [3.05, 3.63) is 34.3 Å². The number of likely N-dealkylation sites (N-methyl/N-ethyl adjacent to an activating group) is 1. The molecule has 4 heteroatoms. The van der Waals surface area contributed by atoms with Crippen molar-refractivity contribution < 1.29 is 4.79 Å². The molecular weight excluding hydrogens is 304 g/mol. The molecule has 19 heavy (non-hydrogen) atoms. The highest BCUT2D eigenvalue weighted by atomic mass is 79.9. The van der Waals surface area contributed by atoms with Crippen LogP contribution in [-0.4, -0.2) is 29.9 Å². The lowest BCUT2D eigenvalue weighted by Gasteiger charge is -2.26. The third kappa shape index (κ3) is 6.21. The summed E-state index contributed by atoms with van der Waals surface area (Å²) in [4.78, 5) is 13.9. The maximum atomic E-state index is 11.9. The van der Waals surface area contributed by atoms with Crippen molar-refractivity contribution in [2.75, 3.05) is 13.6 Å². The van der Waals surface area contributed by atoms with Crippen molar-refractivity contribution >= 4 is 21.8 Å². The number of hydrogen-bond acceptors (Lipinski definition) is 2. The largest absolute Gasteiger partial charge is 0.350 e. The first-order valence-corrected chi connectivity index (χ1v) is 7.35. The van der Waals surface area contributed by atoms with E-state index in [0.717, 1.165) is 17.4 Å². The van der Waals surface area contributed by atoms with E-state index in [1.165, 1.54) is 5.56 Å². The zero-order valence-corrected chi connectivity index (χ0v) is 13.8. The molecule has 0 aliphatic rings. The molecule has 0 unspecified atom stereocenters. The van der Waals surface area contributed by atoms with Crippen LogP contribution in [0.4, 0.5) is 0 Å². The molecule has 1 N–H and O–H groups in total. The molecule has 1 aromatic carbocycles. The van der Waals surface area contributed by atoms with Crippen LogP contribution in [0.2, 0.25) is 0 Å². The molecule has 0 fully saturated rings. The number of nitrogens with one attached hydrogen (secondary N) is 1. The topological polar surface area (TPSA) is 32.3 Å². The Morgan fingerprint density at radius 1 is 1.32 bits per heavy atom. The Bertz CT molecular complexity index is 415. The summed E-state index contributed by atoms with van der Waals surface area (Å²) in [5, 5.41) is 3.04. The summed E-state index contributed by atoms with van der Waals surface area (Å²) in [5.74, 6) is 0.0754. The maximum Gasteiger partial charge on any atom is 0.234 e. The maximum absolute atomic E-state index is 11.9. The Morgan fingerprint density at radius 3 is 2.42 bits per heavy atom. The van der Waals surface area contributed by atoms with E-state index < -0.39 is 0 Å². The Hall–Kier alpha value is -0.870. The van der Waals surface area contributed by atoms with E-state index in [0.29, 0.717) is 6.54 Å². The van der Waals surface area contributed by atoms with Crippen LogP contribution in [0, 0.1) is 0 Å². The van der Waals surface area contributed by atoms with Crippen molar-refractivity contribution in [3.8, 4) is 0 Å². The van der Waals surface area contributed by atoms with Crippen LogP contribution in [0.15, 0.2) is 28.7 Å². The number of benzene rings is 1. The van der Waals surface area contributed by atoms with Crippen LogP contribution in [-0.2, 0) is 11.3 Å². The zero-order chi connectivity index (χ0) is 14.5. The van der Waals surface area contributed by atoms with Gasteiger partial charge < -0.3 is 5.32 Å². The summed E-state index contributed by atoms with van der Waals surface area (Å²) in [7, 11) is 1.96. The molecular formula is C15H23BrN2O. The van der Waals surface area contributed by atoms with Gasteiger partial charge in [-0.15, -0.1) is 0 Å². The number of hydrogen-bond donors (Lipinski definition) is 1. The van der Waals surface area contributed by atoms with E-state index in [1.807, 2.05) is 37.9 Å². The monoisotopic (exact) mass is 326 g/mol. The first-order valence-electron chi connectivity index (χ1n) is 6.56. The van der Waals surface area contributed by atoms with Gasteiger partial charge in [-0.2, -0.15) is 0 Å². The molecule has 0 aliphatic carbocycles. The fraction of sp³-hybridized carbons (Fsp3) is 0.533. The van der Waals surface area contributed by atoms with Crippen LogP contribution in [0.5, 0.6) is 0 Å². The van der Waals surface area contributed by atoms with Gasteiger partial charge in [0, 0.05) is 16.6 Å². The standard InChI is InChI=1S/C15H23BrN2O/c1-5-15(2,3)17-14(19)11-18(4)10-12-6-8-13(16)9-7-12/h6-9H,5,10-11H2,1-4H3,(H,17,19). The average Bonchev–Trinajstić information content (AvgIpc) is 2.31. The van der Waals surface area contributed by atoms with E-state index in [4.69, 9.17) is 0 Å². The quantitative estimate of drug-likeness (QED) is 0.870. The Labute approximate surface area is 124 Å². The Balaban J connectivity index is 2.44. The number of halogens is 1. The van der Waals surface area contributed by atoms with Gasteiger partial charge in [-0.05, 0) is 45.0 Å². The number of rotatable bonds is 6. The Kier molecular flexibility index (Phi) is 6.01. The highest BCUT2D eigenvalue weighted by Gasteiger charge is 2.18. The molecule has 0 atom stereocenters. The summed E-state index contributed by atoms with van der Waals surface area (Å²) in [6, 6.07) is 8.16. The molecule has 0 bridgehead atoms. The van der Waals surface area contributed by atoms with Crippen molar-refractivity contribution in [3.63, 3.8) is 0 Å². The second-order valence-electron chi connectivity index (χ2n) is 5.58. The fourth-order valence-corrected chi connectivity index (χ4v) is 1.97. The predicted molar refractivity (Wildman–Crippen MR) is 83.0 cm³/mol. The van der Waals surface area contributed by atoms with Gasteiger partial charge in [0.25, 0.3) is 0 Å². The molecule has 0 aliphatic heterocycles. The molecule has 3 nitrogen and oxygen atoms in total. The summed E-state index contributed by atoms with van der Waals surface area (Å²) >= 11 is 3.42. The molecule has 0 spiro atoms. The molecule has 0 radical (unpaired) electrons. The van der Waals surface area contributed by atoms with Gasteiger partial charge in [-0.3, -0.25) is 9.69 Å². The normalized spacial score (nSPS) is 11.7. The number of carbonyl (C=O) groups excluding carboxylic acids is 1. The SMILES string of the molecule is CCC(C)(C)NC(=O)CN(C)Cc1ccc(Br)cc1. The van der Waals surface area contributed by atoms with E-state index >= 15 is 0 Å². The third-order valence-electron chi connectivity index (χ3n) is 3.14. The van der Waals surface area contributed by atoms with Crippen LogP contribution in [0.25, 0.3) is 0 Å². The molecule has 1 amide bonds. The van der Waals surface area contributed by atoms with E-state index in [2.05, 4.69) is 40.3 Å². The third-order valence-corrected chi connectivity index (χ3v) is 3.67. The van der Waals surface area contributed by atoms with Crippen LogP contribution in [0.1, 0.15) is 32.8 Å². The van der Waals surface area contributed by atoms with Crippen LogP contribution < -0.4 is 5.32 Å². The molecule has 0 saturated carbocycles. The van der Waals surface area contributed by atoms with E-state index in [9.17, 15) is 4.79 Å². The molecule has 0 saturated heterocycles.